The number of hydrogen-bond donors (Lipinski definition) is 1. The van der Waals surface area contributed by atoms with Crippen molar-refractivity contribution in [1.29, 1.82) is 0 Å². The summed E-state index contributed by atoms with van der Waals surface area (Å²) in [5.74, 6) is 6.80. The Balaban J connectivity index is 3.35. The summed E-state index contributed by atoms with van der Waals surface area (Å²) in [5.41, 5.74) is 0. The van der Waals surface area contributed by atoms with Crippen LogP contribution >= 0.6 is 0 Å². The third-order valence-corrected chi connectivity index (χ3v) is 1.73. The van der Waals surface area contributed by atoms with Crippen molar-refractivity contribution in [2.75, 3.05) is 19.8 Å². The molecule has 0 unspecified atom stereocenters. The predicted molar refractivity (Wildman–Crippen MR) is 65.9 cm³/mol. The van der Waals surface area contributed by atoms with Gasteiger partial charge in [0.15, 0.2) is 0 Å². The molecule has 0 aromatic rings. The van der Waals surface area contributed by atoms with Gasteiger partial charge in [0.2, 0.25) is 5.91 Å². The lowest BCUT2D eigenvalue weighted by molar-refractivity contribution is -0.122. The van der Waals surface area contributed by atoms with Crippen molar-refractivity contribution >= 4 is 5.91 Å². The summed E-state index contributed by atoms with van der Waals surface area (Å²) in [5, 5.41) is 2.80. The molecule has 0 aromatic carbocycles. The van der Waals surface area contributed by atoms with Crippen LogP contribution in [-0.4, -0.2) is 25.7 Å². The lowest BCUT2D eigenvalue weighted by Gasteiger charge is -2.06. The molecule has 0 heterocycles. The molecule has 1 amide bonds. The normalized spacial score (nSPS) is 10.1. The minimum atomic E-state index is 0.0897. The van der Waals surface area contributed by atoms with Gasteiger partial charge in [-0.2, -0.15) is 0 Å². The number of nitrogens with one attached hydrogen (secondary N) is 1. The van der Waals surface area contributed by atoms with E-state index in [0.29, 0.717) is 38.0 Å². The molecule has 0 atom stereocenters. The zero-order valence-electron chi connectivity index (χ0n) is 10.8. The van der Waals surface area contributed by atoms with Crippen LogP contribution in [-0.2, 0) is 9.53 Å². The Morgan fingerprint density at radius 3 is 2.56 bits per heavy atom. The Morgan fingerprint density at radius 1 is 1.31 bits per heavy atom. The van der Waals surface area contributed by atoms with Gasteiger partial charge in [-0.25, -0.2) is 0 Å². The Hall–Kier alpha value is -1.01. The number of amides is 1. The zero-order valence-corrected chi connectivity index (χ0v) is 10.8. The van der Waals surface area contributed by atoms with Crippen LogP contribution in [0.1, 0.15) is 34.1 Å². The third kappa shape index (κ3) is 11.1. The standard InChI is InChI=1S/C13H23NO2/c1-11(2)6-5-8-16-9-7-14-13(15)10-12(3)4/h11-12H,7-10H2,1-4H3,(H,14,15). The fourth-order valence-corrected chi connectivity index (χ4v) is 1.07. The van der Waals surface area contributed by atoms with E-state index < -0.39 is 0 Å². The van der Waals surface area contributed by atoms with Crippen molar-refractivity contribution in [3.63, 3.8) is 0 Å². The molecular weight excluding hydrogens is 202 g/mol. The average molecular weight is 225 g/mol. The molecule has 0 fully saturated rings. The highest BCUT2D eigenvalue weighted by molar-refractivity contribution is 5.75. The van der Waals surface area contributed by atoms with Crippen molar-refractivity contribution in [1.82, 2.24) is 5.32 Å². The smallest absolute Gasteiger partial charge is 0.220 e. The van der Waals surface area contributed by atoms with Gasteiger partial charge in [0.25, 0.3) is 0 Å². The van der Waals surface area contributed by atoms with Crippen molar-refractivity contribution in [2.45, 2.75) is 34.1 Å². The average Bonchev–Trinajstić information content (AvgIpc) is 2.14. The van der Waals surface area contributed by atoms with Crippen LogP contribution in [0, 0.1) is 23.7 Å². The van der Waals surface area contributed by atoms with E-state index in [9.17, 15) is 4.79 Å². The van der Waals surface area contributed by atoms with Crippen LogP contribution in [0.25, 0.3) is 0 Å². The highest BCUT2D eigenvalue weighted by Gasteiger charge is 2.02. The molecule has 0 aliphatic carbocycles. The topological polar surface area (TPSA) is 38.3 Å². The van der Waals surface area contributed by atoms with Gasteiger partial charge in [-0.15, -0.1) is 0 Å². The highest BCUT2D eigenvalue weighted by Crippen LogP contribution is 1.97. The monoisotopic (exact) mass is 225 g/mol. The van der Waals surface area contributed by atoms with Gasteiger partial charge in [-0.05, 0) is 5.92 Å². The molecular formula is C13H23NO2. The highest BCUT2D eigenvalue weighted by atomic mass is 16.5. The summed E-state index contributed by atoms with van der Waals surface area (Å²) in [6.07, 6.45) is 0.577. The second kappa shape index (κ2) is 9.23. The maximum atomic E-state index is 11.2. The number of ether oxygens (including phenoxy) is 1. The summed E-state index contributed by atoms with van der Waals surface area (Å²) in [4.78, 5) is 11.2. The van der Waals surface area contributed by atoms with Gasteiger partial charge in [0.1, 0.15) is 6.61 Å². The SMILES string of the molecule is CC(C)C#CCOCCNC(=O)CC(C)C. The van der Waals surface area contributed by atoms with E-state index in [1.54, 1.807) is 0 Å². The van der Waals surface area contributed by atoms with Crippen LogP contribution in [0.5, 0.6) is 0 Å². The molecule has 0 aliphatic heterocycles. The molecule has 0 spiro atoms. The Labute approximate surface area is 98.9 Å². The fraction of sp³-hybridized carbons (Fsp3) is 0.769. The van der Waals surface area contributed by atoms with Crippen molar-refractivity contribution in [3.8, 4) is 11.8 Å². The summed E-state index contributed by atoms with van der Waals surface area (Å²) in [6, 6.07) is 0. The first-order chi connectivity index (χ1) is 7.52. The van der Waals surface area contributed by atoms with Gasteiger partial charge in [-0.3, -0.25) is 4.79 Å². The molecule has 92 valence electrons. The third-order valence-electron chi connectivity index (χ3n) is 1.73. The van der Waals surface area contributed by atoms with E-state index in [-0.39, 0.29) is 5.91 Å². The number of hydrogen-bond acceptors (Lipinski definition) is 2. The lowest BCUT2D eigenvalue weighted by Crippen LogP contribution is -2.28. The summed E-state index contributed by atoms with van der Waals surface area (Å²) >= 11 is 0. The molecule has 0 radical (unpaired) electrons. The van der Waals surface area contributed by atoms with E-state index in [4.69, 9.17) is 4.74 Å². The molecule has 0 saturated heterocycles. The van der Waals surface area contributed by atoms with Gasteiger partial charge in [0, 0.05) is 18.9 Å². The van der Waals surface area contributed by atoms with Gasteiger partial charge >= 0.3 is 0 Å². The van der Waals surface area contributed by atoms with Crippen LogP contribution in [0.3, 0.4) is 0 Å². The van der Waals surface area contributed by atoms with Crippen molar-refractivity contribution in [3.05, 3.63) is 0 Å². The lowest BCUT2D eigenvalue weighted by atomic mass is 10.1. The molecule has 1 N–H and O–H groups in total. The molecule has 0 saturated carbocycles. The van der Waals surface area contributed by atoms with Crippen molar-refractivity contribution in [2.24, 2.45) is 11.8 Å². The van der Waals surface area contributed by atoms with E-state index in [1.165, 1.54) is 0 Å². The van der Waals surface area contributed by atoms with E-state index >= 15 is 0 Å². The first-order valence-electron chi connectivity index (χ1n) is 5.85. The van der Waals surface area contributed by atoms with Crippen molar-refractivity contribution < 1.29 is 9.53 Å². The second-order valence-corrected chi connectivity index (χ2v) is 4.48. The summed E-state index contributed by atoms with van der Waals surface area (Å²) < 4.78 is 5.25. The van der Waals surface area contributed by atoms with E-state index in [2.05, 4.69) is 17.2 Å². The Bertz CT molecular complexity index is 248. The van der Waals surface area contributed by atoms with Crippen LogP contribution in [0.2, 0.25) is 0 Å². The zero-order chi connectivity index (χ0) is 12.4. The van der Waals surface area contributed by atoms with Crippen LogP contribution in [0.4, 0.5) is 0 Å². The molecule has 0 aromatic heterocycles. The van der Waals surface area contributed by atoms with E-state index in [0.717, 1.165) is 0 Å². The minimum absolute atomic E-state index is 0.0897. The molecule has 3 heteroatoms. The van der Waals surface area contributed by atoms with Gasteiger partial charge in [-0.1, -0.05) is 39.5 Å². The summed E-state index contributed by atoms with van der Waals surface area (Å²) in [7, 11) is 0. The molecule has 0 bridgehead atoms. The van der Waals surface area contributed by atoms with Gasteiger partial charge < -0.3 is 10.1 Å². The largest absolute Gasteiger partial charge is 0.367 e. The number of carbonyl (C=O) groups excluding carboxylic acids is 1. The molecule has 16 heavy (non-hydrogen) atoms. The first-order valence-corrected chi connectivity index (χ1v) is 5.85. The van der Waals surface area contributed by atoms with E-state index in [1.807, 2.05) is 27.7 Å². The van der Waals surface area contributed by atoms with Gasteiger partial charge in [0.05, 0.1) is 6.61 Å². The number of carbonyl (C=O) groups is 1. The maximum Gasteiger partial charge on any atom is 0.220 e. The predicted octanol–water partition coefficient (Wildman–Crippen LogP) is 1.82. The van der Waals surface area contributed by atoms with Crippen LogP contribution < -0.4 is 5.32 Å². The Kier molecular flexibility index (Phi) is 8.65. The number of rotatable bonds is 6. The minimum Gasteiger partial charge on any atom is -0.367 e. The maximum absolute atomic E-state index is 11.2. The summed E-state index contributed by atoms with van der Waals surface area (Å²) in [6.45, 7) is 9.66. The Morgan fingerprint density at radius 2 is 2.00 bits per heavy atom. The second-order valence-electron chi connectivity index (χ2n) is 4.48. The van der Waals surface area contributed by atoms with Crippen LogP contribution in [0.15, 0.2) is 0 Å². The quantitative estimate of drug-likeness (QED) is 0.553. The fourth-order valence-electron chi connectivity index (χ4n) is 1.07. The molecule has 0 aliphatic rings. The first kappa shape index (κ1) is 15.0. The molecule has 0 rings (SSSR count). The molecule has 3 nitrogen and oxygen atoms in total.